The van der Waals surface area contributed by atoms with E-state index in [2.05, 4.69) is 13.2 Å². The summed E-state index contributed by atoms with van der Waals surface area (Å²) in [5.41, 5.74) is 3.33. The van der Waals surface area contributed by atoms with E-state index in [1.165, 1.54) is 36.2 Å². The molecule has 15 nitrogen and oxygen atoms in total. The molecule has 7 rings (SSSR count). The van der Waals surface area contributed by atoms with Crippen molar-refractivity contribution in [2.24, 2.45) is 0 Å². The van der Waals surface area contributed by atoms with Gasteiger partial charge in [-0.3, -0.25) is 19.4 Å². The Morgan fingerprint density at radius 3 is 1.80 bits per heavy atom. The van der Waals surface area contributed by atoms with Crippen LogP contribution in [-0.2, 0) is 9.47 Å². The standard InChI is InChI=1S/C46H52N4O11/c1-6-18-60-45(53)49-28-32-12-11-17-47(32)43(51)35-23-39(56-4)41(25-37(35)49)58-20-9-8-10-21-59-42-26-38-36(24-40(42)57-5)44(52)48-27-31(30-13-15-34(55-3)16-14-30)22-33(48)29-50(38)46(54)61-19-7-2/h6-7,13-16,23-27,32-33H,1-2,8-12,17-22,28-29H2,3-5H3/t32-,33-/m0/s1. The molecule has 1 fully saturated rings. The second kappa shape index (κ2) is 19.2. The zero-order chi connectivity index (χ0) is 43.0. The van der Waals surface area contributed by atoms with Crippen molar-refractivity contribution in [1.82, 2.24) is 9.80 Å². The Bertz CT molecular complexity index is 2190. The normalized spacial score (nSPS) is 17.8. The maximum absolute atomic E-state index is 14.2. The van der Waals surface area contributed by atoms with E-state index in [4.69, 9.17) is 33.2 Å². The fourth-order valence-corrected chi connectivity index (χ4v) is 8.20. The van der Waals surface area contributed by atoms with Crippen LogP contribution in [0.1, 0.15) is 64.8 Å². The van der Waals surface area contributed by atoms with Crippen molar-refractivity contribution in [2.45, 2.75) is 50.6 Å². The van der Waals surface area contributed by atoms with E-state index in [9.17, 15) is 19.2 Å². The second-order valence-corrected chi connectivity index (χ2v) is 15.0. The van der Waals surface area contributed by atoms with Gasteiger partial charge in [0.2, 0.25) is 0 Å². The van der Waals surface area contributed by atoms with Gasteiger partial charge in [-0.1, -0.05) is 37.4 Å². The summed E-state index contributed by atoms with van der Waals surface area (Å²) >= 11 is 0. The second-order valence-electron chi connectivity index (χ2n) is 15.0. The number of anilines is 2. The fourth-order valence-electron chi connectivity index (χ4n) is 8.20. The molecular formula is C46H52N4O11. The minimum Gasteiger partial charge on any atom is -0.497 e. The zero-order valence-electron chi connectivity index (χ0n) is 34.9. The molecule has 4 amide bonds. The first kappa shape index (κ1) is 42.5. The number of rotatable bonds is 16. The molecule has 15 heteroatoms. The molecule has 322 valence electrons. The lowest BCUT2D eigenvalue weighted by molar-refractivity contribution is 0.0745. The molecule has 4 heterocycles. The molecule has 61 heavy (non-hydrogen) atoms. The first-order chi connectivity index (χ1) is 29.7. The third kappa shape index (κ3) is 8.96. The van der Waals surface area contributed by atoms with Crippen LogP contribution in [0.5, 0.6) is 28.7 Å². The summed E-state index contributed by atoms with van der Waals surface area (Å²) in [6.07, 6.45) is 7.90. The van der Waals surface area contributed by atoms with Crippen LogP contribution in [-0.4, -0.2) is 113 Å². The molecule has 4 aliphatic rings. The van der Waals surface area contributed by atoms with Crippen LogP contribution >= 0.6 is 0 Å². The Morgan fingerprint density at radius 2 is 1.26 bits per heavy atom. The zero-order valence-corrected chi connectivity index (χ0v) is 34.9. The number of ether oxygens (including phenoxy) is 7. The van der Waals surface area contributed by atoms with Crippen molar-refractivity contribution in [3.05, 3.63) is 96.7 Å². The molecule has 4 aliphatic heterocycles. The monoisotopic (exact) mass is 836 g/mol. The maximum Gasteiger partial charge on any atom is 0.414 e. The number of unbranched alkanes of at least 4 members (excludes halogenated alkanes) is 2. The van der Waals surface area contributed by atoms with E-state index < -0.39 is 12.2 Å². The number of nitrogens with zero attached hydrogens (tertiary/aromatic N) is 4. The molecular weight excluding hydrogens is 785 g/mol. The van der Waals surface area contributed by atoms with E-state index in [-0.39, 0.29) is 49.2 Å². The Labute approximate surface area is 355 Å². The summed E-state index contributed by atoms with van der Waals surface area (Å²) in [6.45, 7) is 9.13. The van der Waals surface area contributed by atoms with Gasteiger partial charge < -0.3 is 43.0 Å². The highest BCUT2D eigenvalue weighted by Gasteiger charge is 2.41. The van der Waals surface area contributed by atoms with Gasteiger partial charge >= 0.3 is 12.2 Å². The van der Waals surface area contributed by atoms with E-state index in [1.807, 2.05) is 35.4 Å². The Morgan fingerprint density at radius 1 is 0.705 bits per heavy atom. The van der Waals surface area contributed by atoms with Crippen LogP contribution in [0.2, 0.25) is 0 Å². The molecule has 0 aliphatic carbocycles. The molecule has 0 radical (unpaired) electrons. The first-order valence-corrected chi connectivity index (χ1v) is 20.5. The van der Waals surface area contributed by atoms with Gasteiger partial charge in [0.05, 0.1) is 75.7 Å². The number of carbonyl (C=O) groups is 4. The minimum atomic E-state index is -0.608. The summed E-state index contributed by atoms with van der Waals surface area (Å²) in [4.78, 5) is 61.1. The van der Waals surface area contributed by atoms with E-state index in [0.717, 1.165) is 36.1 Å². The minimum absolute atomic E-state index is 0.00678. The van der Waals surface area contributed by atoms with Crippen molar-refractivity contribution in [3.63, 3.8) is 0 Å². The molecule has 2 atom stereocenters. The average molecular weight is 837 g/mol. The van der Waals surface area contributed by atoms with Crippen LogP contribution < -0.4 is 33.5 Å². The number of methoxy groups -OCH3 is 3. The highest BCUT2D eigenvalue weighted by Crippen LogP contribution is 2.43. The smallest absolute Gasteiger partial charge is 0.414 e. The summed E-state index contributed by atoms with van der Waals surface area (Å²) in [5, 5.41) is 0. The quantitative estimate of drug-likeness (QED) is 0.105. The number of amides is 4. The molecule has 0 spiro atoms. The molecule has 0 unspecified atom stereocenters. The SMILES string of the molecule is C=CCOC(=O)N1C[C@@H]2CC(c3ccc(OC)cc3)=CN2C(=O)c2cc(OC)c(OCCCCCOc3cc4c(cc3OC)C(=O)N3CCC[C@H]3CN4C(=O)OCC=C)cc21. The molecule has 3 aromatic carbocycles. The van der Waals surface area contributed by atoms with Crippen molar-refractivity contribution in [1.29, 1.82) is 0 Å². The number of hydrogen-bond donors (Lipinski definition) is 0. The average Bonchev–Trinajstić information content (AvgIpc) is 3.89. The molecule has 3 aromatic rings. The highest BCUT2D eigenvalue weighted by molar-refractivity contribution is 6.07. The summed E-state index contributed by atoms with van der Waals surface area (Å²) in [7, 11) is 4.63. The Balaban J connectivity index is 1.02. The van der Waals surface area contributed by atoms with Gasteiger partial charge in [-0.05, 0) is 73.9 Å². The largest absolute Gasteiger partial charge is 0.497 e. The van der Waals surface area contributed by atoms with Gasteiger partial charge in [0, 0.05) is 31.4 Å². The molecule has 1 saturated heterocycles. The Kier molecular flexibility index (Phi) is 13.3. The maximum atomic E-state index is 14.2. The summed E-state index contributed by atoms with van der Waals surface area (Å²) in [6, 6.07) is 13.8. The van der Waals surface area contributed by atoms with Gasteiger partial charge in [0.15, 0.2) is 23.0 Å². The van der Waals surface area contributed by atoms with Gasteiger partial charge in [-0.15, -0.1) is 0 Å². The van der Waals surface area contributed by atoms with Crippen LogP contribution in [0.3, 0.4) is 0 Å². The van der Waals surface area contributed by atoms with Gasteiger partial charge in [0.1, 0.15) is 19.0 Å². The molecule has 0 N–H and O–H groups in total. The number of carbonyl (C=O) groups excluding carboxylic acids is 4. The van der Waals surface area contributed by atoms with E-state index in [1.54, 1.807) is 36.3 Å². The van der Waals surface area contributed by atoms with Crippen molar-refractivity contribution >= 4 is 40.9 Å². The van der Waals surface area contributed by atoms with Gasteiger partial charge in [0.25, 0.3) is 11.8 Å². The lowest BCUT2D eigenvalue weighted by Crippen LogP contribution is -2.42. The third-order valence-electron chi connectivity index (χ3n) is 11.3. The summed E-state index contributed by atoms with van der Waals surface area (Å²) in [5.74, 6) is 1.82. The molecule has 0 saturated carbocycles. The van der Waals surface area contributed by atoms with Crippen LogP contribution in [0, 0.1) is 0 Å². The van der Waals surface area contributed by atoms with Gasteiger partial charge in [-0.2, -0.15) is 0 Å². The van der Waals surface area contributed by atoms with Gasteiger partial charge in [-0.25, -0.2) is 9.59 Å². The Hall–Kier alpha value is -6.64. The topological polar surface area (TPSA) is 146 Å². The third-order valence-corrected chi connectivity index (χ3v) is 11.3. The van der Waals surface area contributed by atoms with E-state index >= 15 is 0 Å². The predicted molar refractivity (Wildman–Crippen MR) is 228 cm³/mol. The number of benzene rings is 3. The van der Waals surface area contributed by atoms with Crippen molar-refractivity contribution in [3.8, 4) is 28.7 Å². The lowest BCUT2D eigenvalue weighted by atomic mass is 10.0. The molecule has 0 aromatic heterocycles. The number of hydrogen-bond acceptors (Lipinski definition) is 11. The highest BCUT2D eigenvalue weighted by atomic mass is 16.6. The van der Waals surface area contributed by atoms with E-state index in [0.29, 0.717) is 85.5 Å². The van der Waals surface area contributed by atoms with Crippen molar-refractivity contribution in [2.75, 3.05) is 77.2 Å². The van der Waals surface area contributed by atoms with Crippen LogP contribution in [0.4, 0.5) is 21.0 Å². The van der Waals surface area contributed by atoms with Crippen LogP contribution in [0.15, 0.2) is 80.0 Å². The fraction of sp³-hybridized carbons (Fsp3) is 0.391. The number of fused-ring (bicyclic) bond motifs is 4. The lowest BCUT2D eigenvalue weighted by Gasteiger charge is -2.26. The first-order valence-electron chi connectivity index (χ1n) is 20.5. The predicted octanol–water partition coefficient (Wildman–Crippen LogP) is 7.49. The molecule has 0 bridgehead atoms. The van der Waals surface area contributed by atoms with Crippen molar-refractivity contribution < 1.29 is 52.3 Å². The summed E-state index contributed by atoms with van der Waals surface area (Å²) < 4.78 is 40.0. The van der Waals surface area contributed by atoms with Crippen LogP contribution in [0.25, 0.3) is 5.57 Å².